The molecule has 2 bridgehead atoms. The monoisotopic (exact) mass is 594 g/mol. The Morgan fingerprint density at radius 1 is 1.05 bits per heavy atom. The van der Waals surface area contributed by atoms with E-state index in [1.807, 2.05) is 27.7 Å². The summed E-state index contributed by atoms with van der Waals surface area (Å²) in [5.74, 6) is -1.22. The molecule has 0 aromatic rings. The molecule has 2 saturated heterocycles. The first-order chi connectivity index (χ1) is 18.4. The summed E-state index contributed by atoms with van der Waals surface area (Å²) in [6.07, 6.45) is -3.35. The average molecular weight is 595 g/mol. The van der Waals surface area contributed by atoms with Crippen LogP contribution in [0.5, 0.6) is 0 Å². The van der Waals surface area contributed by atoms with E-state index in [2.05, 4.69) is 40.4 Å². The van der Waals surface area contributed by atoms with Gasteiger partial charge in [-0.05, 0) is 49.5 Å². The Kier molecular flexibility index (Phi) is 7.01. The molecule has 226 valence electrons. The van der Waals surface area contributed by atoms with Crippen molar-refractivity contribution in [1.29, 1.82) is 0 Å². The molecule has 0 aromatic heterocycles. The van der Waals surface area contributed by atoms with Crippen molar-refractivity contribution in [3.8, 4) is 0 Å². The summed E-state index contributed by atoms with van der Waals surface area (Å²) in [4.78, 5) is 28.1. The molecular formula is C30H50O8Si2. The SMILES string of the molecule is CC[Si](CC)(CC)O[C@H]1C[C@H]2OC[C@@]2(O)[C@H]2[C@@H]3OC(=O)O[C@]34C[C@H]([Si](C)(C)C)C(C)=C([C@@H](O)C(=O)[C@]12C)C4(C)C. The molecule has 0 aromatic carbocycles. The number of allylic oxidation sites excluding steroid dienone is 1. The van der Waals surface area contributed by atoms with Crippen molar-refractivity contribution >= 4 is 28.3 Å². The van der Waals surface area contributed by atoms with Gasteiger partial charge in [0, 0.05) is 17.8 Å². The molecule has 40 heavy (non-hydrogen) atoms. The molecule has 0 radical (unpaired) electrons. The second-order valence-corrected chi connectivity index (χ2v) is 25.2. The van der Waals surface area contributed by atoms with Crippen LogP contribution in [0, 0.1) is 16.7 Å². The minimum absolute atomic E-state index is 0.0374. The van der Waals surface area contributed by atoms with Gasteiger partial charge >= 0.3 is 6.16 Å². The Morgan fingerprint density at radius 3 is 2.15 bits per heavy atom. The summed E-state index contributed by atoms with van der Waals surface area (Å²) in [5.41, 5.74) is -3.09. The lowest BCUT2D eigenvalue weighted by molar-refractivity contribution is -0.332. The number of hydrogen-bond acceptors (Lipinski definition) is 8. The third kappa shape index (κ3) is 3.68. The predicted molar refractivity (Wildman–Crippen MR) is 156 cm³/mol. The molecule has 8 nitrogen and oxygen atoms in total. The fourth-order valence-corrected chi connectivity index (χ4v) is 14.7. The highest BCUT2D eigenvalue weighted by molar-refractivity contribution is 6.78. The van der Waals surface area contributed by atoms with Gasteiger partial charge in [0.05, 0.1) is 32.3 Å². The first-order valence-electron chi connectivity index (χ1n) is 15.2. The summed E-state index contributed by atoms with van der Waals surface area (Å²) in [5, 5.41) is 24.5. The molecule has 2 saturated carbocycles. The van der Waals surface area contributed by atoms with Crippen molar-refractivity contribution < 1.29 is 38.4 Å². The van der Waals surface area contributed by atoms with Crippen molar-refractivity contribution in [3.05, 3.63) is 11.1 Å². The normalized spacial score (nSPS) is 44.4. The van der Waals surface area contributed by atoms with Crippen LogP contribution in [0.2, 0.25) is 43.3 Å². The summed E-state index contributed by atoms with van der Waals surface area (Å²) in [6.45, 7) is 21.1. The zero-order valence-corrected chi connectivity index (χ0v) is 28.1. The Morgan fingerprint density at radius 2 is 1.65 bits per heavy atom. The highest BCUT2D eigenvalue weighted by Gasteiger charge is 2.79. The minimum Gasteiger partial charge on any atom is -0.426 e. The van der Waals surface area contributed by atoms with Gasteiger partial charge in [-0.2, -0.15) is 0 Å². The molecule has 0 unspecified atom stereocenters. The number of aliphatic hydroxyl groups is 2. The van der Waals surface area contributed by atoms with Gasteiger partial charge in [-0.1, -0.05) is 59.8 Å². The molecule has 0 amide bonds. The molecule has 5 aliphatic rings. The van der Waals surface area contributed by atoms with Crippen molar-refractivity contribution in [1.82, 2.24) is 0 Å². The van der Waals surface area contributed by atoms with Gasteiger partial charge in [0.25, 0.3) is 0 Å². The van der Waals surface area contributed by atoms with E-state index < -0.39 is 74.9 Å². The largest absolute Gasteiger partial charge is 0.509 e. The topological polar surface area (TPSA) is 112 Å². The smallest absolute Gasteiger partial charge is 0.426 e. The van der Waals surface area contributed by atoms with Gasteiger partial charge in [-0.25, -0.2) is 4.79 Å². The van der Waals surface area contributed by atoms with Crippen LogP contribution in [-0.2, 0) is 23.4 Å². The van der Waals surface area contributed by atoms with E-state index in [0.717, 1.165) is 23.7 Å². The number of rotatable bonds is 6. The quantitative estimate of drug-likeness (QED) is 0.245. The highest BCUT2D eigenvalue weighted by atomic mass is 28.4. The molecule has 1 spiro atoms. The van der Waals surface area contributed by atoms with Crippen LogP contribution in [0.3, 0.4) is 0 Å². The van der Waals surface area contributed by atoms with Gasteiger partial charge in [-0.15, -0.1) is 0 Å². The summed E-state index contributed by atoms with van der Waals surface area (Å²) < 4.78 is 25.5. The van der Waals surface area contributed by atoms with E-state index in [0.29, 0.717) is 18.4 Å². The summed E-state index contributed by atoms with van der Waals surface area (Å²) in [7, 11) is -4.15. The maximum atomic E-state index is 14.9. The van der Waals surface area contributed by atoms with Crippen molar-refractivity contribution in [2.24, 2.45) is 16.7 Å². The molecular weight excluding hydrogens is 544 g/mol. The van der Waals surface area contributed by atoms with Gasteiger partial charge in [0.1, 0.15) is 11.7 Å². The van der Waals surface area contributed by atoms with Crippen LogP contribution in [0.1, 0.15) is 61.3 Å². The number of hydrogen-bond donors (Lipinski definition) is 2. The molecule has 3 aliphatic carbocycles. The zero-order valence-electron chi connectivity index (χ0n) is 26.1. The van der Waals surface area contributed by atoms with Crippen molar-refractivity contribution in [3.63, 3.8) is 0 Å². The first-order valence-corrected chi connectivity index (χ1v) is 21.4. The molecule has 10 heteroatoms. The minimum atomic E-state index is -2.23. The second kappa shape index (κ2) is 9.23. The average Bonchev–Trinajstić information content (AvgIpc) is 3.20. The van der Waals surface area contributed by atoms with Crippen LogP contribution >= 0.6 is 0 Å². The second-order valence-electron chi connectivity index (χ2n) is 15.0. The Bertz CT molecular complexity index is 1120. The number of ether oxygens (including phenoxy) is 3. The van der Waals surface area contributed by atoms with Gasteiger partial charge in [-0.3, -0.25) is 4.79 Å². The fraction of sp³-hybridized carbons (Fsp3) is 0.867. The third-order valence-electron chi connectivity index (χ3n) is 12.2. The van der Waals surface area contributed by atoms with Crippen LogP contribution < -0.4 is 0 Å². The lowest BCUT2D eigenvalue weighted by Crippen LogP contribution is -2.80. The number of carbonyl (C=O) groups excluding carboxylic acids is 2. The van der Waals surface area contributed by atoms with Gasteiger partial charge in [0.15, 0.2) is 25.8 Å². The Hall–Kier alpha value is -1.05. The Labute approximate surface area is 241 Å². The van der Waals surface area contributed by atoms with Gasteiger partial charge in [0.2, 0.25) is 0 Å². The lowest BCUT2D eigenvalue weighted by atomic mass is 9.45. The van der Waals surface area contributed by atoms with E-state index in [1.165, 1.54) is 0 Å². The zero-order chi connectivity index (χ0) is 29.8. The van der Waals surface area contributed by atoms with E-state index in [1.54, 1.807) is 0 Å². The summed E-state index contributed by atoms with van der Waals surface area (Å²) >= 11 is 0. The maximum Gasteiger partial charge on any atom is 0.509 e. The molecule has 5 rings (SSSR count). The Balaban J connectivity index is 1.80. The third-order valence-corrected chi connectivity index (χ3v) is 19.6. The standard InChI is InChI=1S/C30H50O8Si2/c1-11-40(12-2,13-3)38-19-14-20-29(34,16-35-20)23-25-30(37-26(33)36-25)15-18(39(8,9)10)17(4)21(27(30,5)6)22(31)24(32)28(19,23)7/h18-20,22-23,25,31,34H,11-16H2,1-10H3/t18-,19-,20+,22+,23-,25-,28+,29-,30+/m0/s1. The number of carbonyl (C=O) groups is 2. The fourth-order valence-electron chi connectivity index (χ4n) is 9.42. The molecule has 2 aliphatic heterocycles. The number of fused-ring (bicyclic) bond motifs is 5. The van der Waals surface area contributed by atoms with Crippen LogP contribution in [-0.4, -0.2) is 80.8 Å². The lowest BCUT2D eigenvalue weighted by Gasteiger charge is -2.67. The number of ketones is 1. The van der Waals surface area contributed by atoms with Crippen molar-refractivity contribution in [2.45, 2.75) is 140 Å². The molecule has 2 heterocycles. The van der Waals surface area contributed by atoms with Crippen LogP contribution in [0.4, 0.5) is 4.79 Å². The molecule has 9 atom stereocenters. The predicted octanol–water partition coefficient (Wildman–Crippen LogP) is 5.21. The first kappa shape index (κ1) is 30.4. The van der Waals surface area contributed by atoms with E-state index in [-0.39, 0.29) is 17.9 Å². The number of aliphatic hydroxyl groups excluding tert-OH is 1. The van der Waals surface area contributed by atoms with E-state index in [9.17, 15) is 19.8 Å². The van der Waals surface area contributed by atoms with E-state index in [4.69, 9.17) is 18.6 Å². The van der Waals surface area contributed by atoms with E-state index >= 15 is 0 Å². The maximum absolute atomic E-state index is 14.9. The highest BCUT2D eigenvalue weighted by Crippen LogP contribution is 2.68. The molecule has 4 fully saturated rings. The van der Waals surface area contributed by atoms with Crippen LogP contribution in [0.15, 0.2) is 11.1 Å². The summed E-state index contributed by atoms with van der Waals surface area (Å²) in [6, 6.07) is 2.68. The number of Topliss-reactive ketones (excluding diaryl/α,β-unsaturated/α-hetero) is 1. The van der Waals surface area contributed by atoms with Crippen molar-refractivity contribution in [2.75, 3.05) is 6.61 Å². The molecule has 2 N–H and O–H groups in total. The van der Waals surface area contributed by atoms with Gasteiger partial charge < -0.3 is 28.8 Å². The van der Waals surface area contributed by atoms with Crippen LogP contribution in [0.25, 0.3) is 0 Å².